The molecular weight excluding hydrogens is 230 g/mol. The highest BCUT2D eigenvalue weighted by Crippen LogP contribution is 2.20. The normalized spacial score (nSPS) is 20.5. The van der Waals surface area contributed by atoms with Gasteiger partial charge < -0.3 is 10.6 Å². The molecule has 1 atom stereocenters. The van der Waals surface area contributed by atoms with Gasteiger partial charge in [0, 0.05) is 11.9 Å². The zero-order valence-corrected chi connectivity index (χ0v) is 9.68. The van der Waals surface area contributed by atoms with Crippen LogP contribution in [-0.2, 0) is 0 Å². The van der Waals surface area contributed by atoms with Gasteiger partial charge in [-0.05, 0) is 12.8 Å². The Balaban J connectivity index is 2.17. The second-order valence-corrected chi connectivity index (χ2v) is 4.62. The molecule has 1 aromatic rings. The summed E-state index contributed by atoms with van der Waals surface area (Å²) in [5.41, 5.74) is 7.74. The Morgan fingerprint density at radius 1 is 1.73 bits per heavy atom. The molecule has 0 aromatic carbocycles. The van der Waals surface area contributed by atoms with E-state index in [1.54, 1.807) is 15.8 Å². The second-order valence-electron chi connectivity index (χ2n) is 3.43. The molecule has 1 fully saturated rings. The summed E-state index contributed by atoms with van der Waals surface area (Å²) in [5, 5.41) is 1.75. The number of thiocarbonyl (C=S) groups is 1. The van der Waals surface area contributed by atoms with Gasteiger partial charge in [-0.25, -0.2) is 4.98 Å². The maximum Gasteiger partial charge on any atom is 0.273 e. The quantitative estimate of drug-likeness (QED) is 0.786. The molecule has 0 spiro atoms. The van der Waals surface area contributed by atoms with Crippen molar-refractivity contribution in [2.24, 2.45) is 5.73 Å². The van der Waals surface area contributed by atoms with Crippen molar-refractivity contribution < 1.29 is 4.79 Å². The summed E-state index contributed by atoms with van der Waals surface area (Å²) in [5.74, 6) is -0.0634. The Morgan fingerprint density at radius 3 is 3.13 bits per heavy atom. The van der Waals surface area contributed by atoms with Crippen molar-refractivity contribution in [3.63, 3.8) is 0 Å². The average Bonchev–Trinajstić information content (AvgIpc) is 2.88. The smallest absolute Gasteiger partial charge is 0.273 e. The minimum atomic E-state index is -0.0887. The van der Waals surface area contributed by atoms with E-state index in [4.69, 9.17) is 18.0 Å². The van der Waals surface area contributed by atoms with Crippen LogP contribution in [0.15, 0.2) is 10.9 Å². The Kier molecular flexibility index (Phi) is 2.97. The molecule has 0 radical (unpaired) electrons. The van der Waals surface area contributed by atoms with Crippen LogP contribution in [0, 0.1) is 0 Å². The van der Waals surface area contributed by atoms with Crippen LogP contribution >= 0.6 is 23.6 Å². The van der Waals surface area contributed by atoms with Gasteiger partial charge >= 0.3 is 0 Å². The van der Waals surface area contributed by atoms with E-state index in [0.29, 0.717) is 10.7 Å². The van der Waals surface area contributed by atoms with Gasteiger partial charge in [0.25, 0.3) is 5.91 Å². The van der Waals surface area contributed by atoms with E-state index >= 15 is 0 Å². The molecule has 2 heterocycles. The first-order valence-corrected chi connectivity index (χ1v) is 6.03. The predicted octanol–water partition coefficient (Wildman–Crippen LogP) is 1.03. The lowest BCUT2D eigenvalue weighted by molar-refractivity contribution is 0.0765. The SMILES string of the molecule is NC(=S)C1CCCN1C(=O)c1cscn1. The van der Waals surface area contributed by atoms with Gasteiger partial charge in [0.1, 0.15) is 5.69 Å². The van der Waals surface area contributed by atoms with E-state index in [-0.39, 0.29) is 11.9 Å². The molecule has 2 N–H and O–H groups in total. The fourth-order valence-electron chi connectivity index (χ4n) is 1.77. The lowest BCUT2D eigenvalue weighted by atomic mass is 10.2. The minimum Gasteiger partial charge on any atom is -0.392 e. The molecule has 0 bridgehead atoms. The van der Waals surface area contributed by atoms with Gasteiger partial charge in [-0.2, -0.15) is 0 Å². The number of rotatable bonds is 2. The zero-order valence-electron chi connectivity index (χ0n) is 8.05. The summed E-state index contributed by atoms with van der Waals surface area (Å²) in [4.78, 5) is 18.1. The fourth-order valence-corrected chi connectivity index (χ4v) is 2.54. The van der Waals surface area contributed by atoms with Crippen molar-refractivity contribution in [3.8, 4) is 0 Å². The van der Waals surface area contributed by atoms with Crippen LogP contribution in [0.25, 0.3) is 0 Å². The molecule has 1 saturated heterocycles. The standard InChI is InChI=1S/C9H11N3OS2/c10-8(14)7-2-1-3-12(7)9(13)6-4-15-5-11-6/h4-5,7H,1-3H2,(H2,10,14). The highest BCUT2D eigenvalue weighted by atomic mass is 32.1. The molecule has 2 rings (SSSR count). The summed E-state index contributed by atoms with van der Waals surface area (Å²) >= 11 is 6.36. The highest BCUT2D eigenvalue weighted by Gasteiger charge is 2.31. The molecule has 1 aliphatic heterocycles. The molecule has 80 valence electrons. The summed E-state index contributed by atoms with van der Waals surface area (Å²) in [6, 6.07) is -0.0887. The lowest BCUT2D eigenvalue weighted by Crippen LogP contribution is -2.42. The van der Waals surface area contributed by atoms with Crippen LogP contribution in [0.1, 0.15) is 23.3 Å². The second kappa shape index (κ2) is 4.24. The monoisotopic (exact) mass is 241 g/mol. The van der Waals surface area contributed by atoms with Crippen LogP contribution in [0.3, 0.4) is 0 Å². The average molecular weight is 241 g/mol. The fraction of sp³-hybridized carbons (Fsp3) is 0.444. The van der Waals surface area contributed by atoms with E-state index in [2.05, 4.69) is 4.98 Å². The molecule has 1 aliphatic rings. The third-order valence-corrected chi connectivity index (χ3v) is 3.35. The first-order chi connectivity index (χ1) is 7.20. The third-order valence-electron chi connectivity index (χ3n) is 2.49. The third kappa shape index (κ3) is 2.00. The van der Waals surface area contributed by atoms with Crippen molar-refractivity contribution in [2.75, 3.05) is 6.54 Å². The Hall–Kier alpha value is -1.01. The zero-order chi connectivity index (χ0) is 10.8. The van der Waals surface area contributed by atoms with Crippen molar-refractivity contribution in [1.82, 2.24) is 9.88 Å². The molecule has 0 aliphatic carbocycles. The first-order valence-electron chi connectivity index (χ1n) is 4.68. The molecule has 1 unspecified atom stereocenters. The predicted molar refractivity (Wildman–Crippen MR) is 63.0 cm³/mol. The van der Waals surface area contributed by atoms with Crippen LogP contribution in [0.4, 0.5) is 0 Å². The number of nitrogens with two attached hydrogens (primary N) is 1. The molecular formula is C9H11N3OS2. The molecule has 15 heavy (non-hydrogen) atoms. The van der Waals surface area contributed by atoms with Gasteiger partial charge in [0.2, 0.25) is 0 Å². The van der Waals surface area contributed by atoms with E-state index in [0.717, 1.165) is 19.4 Å². The van der Waals surface area contributed by atoms with Gasteiger partial charge in [0.05, 0.1) is 16.5 Å². The first kappa shape index (κ1) is 10.5. The van der Waals surface area contributed by atoms with Gasteiger partial charge in [0.15, 0.2) is 0 Å². The number of aromatic nitrogens is 1. The number of carbonyl (C=O) groups is 1. The number of hydrogen-bond acceptors (Lipinski definition) is 4. The van der Waals surface area contributed by atoms with Gasteiger partial charge in [-0.15, -0.1) is 11.3 Å². The van der Waals surface area contributed by atoms with E-state index in [9.17, 15) is 4.79 Å². The number of likely N-dealkylation sites (tertiary alicyclic amines) is 1. The largest absolute Gasteiger partial charge is 0.392 e. The molecule has 6 heteroatoms. The number of nitrogens with zero attached hydrogens (tertiary/aromatic N) is 2. The maximum absolute atomic E-state index is 12.0. The van der Waals surface area contributed by atoms with Crippen molar-refractivity contribution >= 4 is 34.5 Å². The summed E-state index contributed by atoms with van der Waals surface area (Å²) in [7, 11) is 0. The summed E-state index contributed by atoms with van der Waals surface area (Å²) in [6.07, 6.45) is 1.82. The van der Waals surface area contributed by atoms with E-state index in [1.165, 1.54) is 11.3 Å². The van der Waals surface area contributed by atoms with Gasteiger partial charge in [-0.3, -0.25) is 4.79 Å². The maximum atomic E-state index is 12.0. The molecule has 1 amide bonds. The van der Waals surface area contributed by atoms with Gasteiger partial charge in [-0.1, -0.05) is 12.2 Å². The Bertz CT molecular complexity index is 377. The van der Waals surface area contributed by atoms with Crippen molar-refractivity contribution in [2.45, 2.75) is 18.9 Å². The van der Waals surface area contributed by atoms with Crippen molar-refractivity contribution in [3.05, 3.63) is 16.6 Å². The molecule has 0 saturated carbocycles. The minimum absolute atomic E-state index is 0.0634. The van der Waals surface area contributed by atoms with E-state index < -0.39 is 0 Å². The van der Waals surface area contributed by atoms with Crippen LogP contribution < -0.4 is 5.73 Å². The number of thiazole rings is 1. The number of amides is 1. The molecule has 1 aromatic heterocycles. The van der Waals surface area contributed by atoms with Crippen LogP contribution in [0.5, 0.6) is 0 Å². The Labute approximate surface area is 97.1 Å². The summed E-state index contributed by atoms with van der Waals surface area (Å²) in [6.45, 7) is 0.721. The highest BCUT2D eigenvalue weighted by molar-refractivity contribution is 7.80. The topological polar surface area (TPSA) is 59.2 Å². The van der Waals surface area contributed by atoms with E-state index in [1.807, 2.05) is 0 Å². The number of hydrogen-bond donors (Lipinski definition) is 1. The van der Waals surface area contributed by atoms with Crippen LogP contribution in [-0.4, -0.2) is 33.4 Å². The number of carbonyl (C=O) groups excluding carboxylic acids is 1. The molecule has 4 nitrogen and oxygen atoms in total. The Morgan fingerprint density at radius 2 is 2.53 bits per heavy atom. The summed E-state index contributed by atoms with van der Waals surface area (Å²) < 4.78 is 0. The lowest BCUT2D eigenvalue weighted by Gasteiger charge is -2.22. The van der Waals surface area contributed by atoms with Crippen LogP contribution in [0.2, 0.25) is 0 Å². The van der Waals surface area contributed by atoms with Crippen molar-refractivity contribution in [1.29, 1.82) is 0 Å².